The summed E-state index contributed by atoms with van der Waals surface area (Å²) >= 11 is 1.58. The summed E-state index contributed by atoms with van der Waals surface area (Å²) in [6, 6.07) is 7.47. The van der Waals surface area contributed by atoms with Crippen molar-refractivity contribution in [3.05, 3.63) is 46.9 Å². The van der Waals surface area contributed by atoms with Crippen LogP contribution in [-0.2, 0) is 9.63 Å². The standard InChI is InChI=1S/C14H13N3O2S/c1-14(13(18)16-10-4-2-6-15-9-10)8-11(17-19-14)12-5-3-7-20-12/h2-7,9H,8H2,1H3,(H,16,18)/t14-/m0/s1. The maximum Gasteiger partial charge on any atom is 0.271 e. The van der Waals surface area contributed by atoms with Gasteiger partial charge in [0.1, 0.15) is 5.71 Å². The Kier molecular flexibility index (Phi) is 3.23. The number of carbonyl (C=O) groups excluding carboxylic acids is 1. The average Bonchev–Trinajstić information content (AvgIpc) is 3.09. The molecular weight excluding hydrogens is 274 g/mol. The third-order valence-corrected chi connectivity index (χ3v) is 3.99. The van der Waals surface area contributed by atoms with Gasteiger partial charge in [0, 0.05) is 12.6 Å². The molecule has 3 rings (SSSR count). The molecule has 0 spiro atoms. The largest absolute Gasteiger partial charge is 0.379 e. The first kappa shape index (κ1) is 12.8. The summed E-state index contributed by atoms with van der Waals surface area (Å²) in [7, 11) is 0. The first-order chi connectivity index (χ1) is 9.67. The number of hydrogen-bond acceptors (Lipinski definition) is 5. The van der Waals surface area contributed by atoms with Crippen LogP contribution in [0.1, 0.15) is 18.2 Å². The molecule has 5 nitrogen and oxygen atoms in total. The van der Waals surface area contributed by atoms with Crippen molar-refractivity contribution in [3.63, 3.8) is 0 Å². The molecule has 6 heteroatoms. The predicted molar refractivity (Wildman–Crippen MR) is 77.8 cm³/mol. The second-order valence-corrected chi connectivity index (χ2v) is 5.66. The molecule has 3 heterocycles. The minimum Gasteiger partial charge on any atom is -0.379 e. The van der Waals surface area contributed by atoms with E-state index in [9.17, 15) is 4.79 Å². The highest BCUT2D eigenvalue weighted by molar-refractivity contribution is 7.12. The van der Waals surface area contributed by atoms with Crippen molar-refractivity contribution in [2.75, 3.05) is 5.32 Å². The van der Waals surface area contributed by atoms with E-state index in [-0.39, 0.29) is 5.91 Å². The van der Waals surface area contributed by atoms with E-state index >= 15 is 0 Å². The summed E-state index contributed by atoms with van der Waals surface area (Å²) in [4.78, 5) is 22.7. The normalized spacial score (nSPS) is 21.1. The number of carbonyl (C=O) groups is 1. The van der Waals surface area contributed by atoms with Gasteiger partial charge in [-0.2, -0.15) is 0 Å². The van der Waals surface area contributed by atoms with Gasteiger partial charge in [-0.3, -0.25) is 9.78 Å². The van der Waals surface area contributed by atoms with E-state index in [2.05, 4.69) is 15.5 Å². The molecule has 2 aromatic heterocycles. The van der Waals surface area contributed by atoms with Gasteiger partial charge in [0.05, 0.1) is 16.8 Å². The number of nitrogens with one attached hydrogen (secondary N) is 1. The van der Waals surface area contributed by atoms with Crippen LogP contribution in [0.2, 0.25) is 0 Å². The van der Waals surface area contributed by atoms with Gasteiger partial charge < -0.3 is 10.2 Å². The van der Waals surface area contributed by atoms with Crippen LogP contribution in [0.5, 0.6) is 0 Å². The van der Waals surface area contributed by atoms with E-state index in [1.807, 2.05) is 17.5 Å². The Balaban J connectivity index is 1.70. The van der Waals surface area contributed by atoms with Gasteiger partial charge in [-0.05, 0) is 30.5 Å². The predicted octanol–water partition coefficient (Wildman–Crippen LogP) is 2.66. The molecule has 102 valence electrons. The number of pyridine rings is 1. The summed E-state index contributed by atoms with van der Waals surface area (Å²) in [5.41, 5.74) is 0.477. The fraction of sp³-hybridized carbons (Fsp3) is 0.214. The molecule has 0 aromatic carbocycles. The molecule has 1 aliphatic rings. The van der Waals surface area contributed by atoms with E-state index in [1.54, 1.807) is 42.8 Å². The summed E-state index contributed by atoms with van der Waals surface area (Å²) < 4.78 is 0. The second-order valence-electron chi connectivity index (χ2n) is 4.71. The Morgan fingerprint density at radius 1 is 1.45 bits per heavy atom. The van der Waals surface area contributed by atoms with E-state index < -0.39 is 5.60 Å². The van der Waals surface area contributed by atoms with Crippen LogP contribution < -0.4 is 5.32 Å². The highest BCUT2D eigenvalue weighted by Crippen LogP contribution is 2.29. The Labute approximate surface area is 120 Å². The van der Waals surface area contributed by atoms with Crippen LogP contribution in [0.4, 0.5) is 5.69 Å². The lowest BCUT2D eigenvalue weighted by Gasteiger charge is -2.20. The van der Waals surface area contributed by atoms with Crippen molar-refractivity contribution in [1.82, 2.24) is 4.98 Å². The van der Waals surface area contributed by atoms with E-state index in [1.165, 1.54) is 0 Å². The number of nitrogens with zero attached hydrogens (tertiary/aromatic N) is 2. The monoisotopic (exact) mass is 287 g/mol. The zero-order chi connectivity index (χ0) is 14.0. The zero-order valence-electron chi connectivity index (χ0n) is 10.9. The summed E-state index contributed by atoms with van der Waals surface area (Å²) in [5, 5.41) is 8.81. The van der Waals surface area contributed by atoms with E-state index in [4.69, 9.17) is 4.84 Å². The van der Waals surface area contributed by atoms with E-state index in [0.717, 1.165) is 10.6 Å². The number of aromatic nitrogens is 1. The first-order valence-electron chi connectivity index (χ1n) is 6.18. The first-order valence-corrected chi connectivity index (χ1v) is 7.06. The van der Waals surface area contributed by atoms with Crippen molar-refractivity contribution >= 4 is 28.6 Å². The lowest BCUT2D eigenvalue weighted by atomic mass is 9.98. The molecule has 1 amide bonds. The van der Waals surface area contributed by atoms with Gasteiger partial charge in [-0.15, -0.1) is 11.3 Å². The van der Waals surface area contributed by atoms with Crippen molar-refractivity contribution in [2.45, 2.75) is 18.9 Å². The highest BCUT2D eigenvalue weighted by Gasteiger charge is 2.42. The smallest absolute Gasteiger partial charge is 0.271 e. The van der Waals surface area contributed by atoms with E-state index in [0.29, 0.717) is 12.1 Å². The Hall–Kier alpha value is -2.21. The van der Waals surface area contributed by atoms with Gasteiger partial charge in [0.2, 0.25) is 5.60 Å². The van der Waals surface area contributed by atoms with Crippen molar-refractivity contribution in [1.29, 1.82) is 0 Å². The van der Waals surface area contributed by atoms with Crippen LogP contribution in [0, 0.1) is 0 Å². The number of hydrogen-bond donors (Lipinski definition) is 1. The molecule has 0 unspecified atom stereocenters. The maximum atomic E-state index is 12.3. The zero-order valence-corrected chi connectivity index (χ0v) is 11.7. The minimum absolute atomic E-state index is 0.221. The van der Waals surface area contributed by atoms with Gasteiger partial charge in [-0.25, -0.2) is 0 Å². The number of oxime groups is 1. The minimum atomic E-state index is -0.977. The molecule has 0 bridgehead atoms. The number of amides is 1. The topological polar surface area (TPSA) is 63.6 Å². The molecule has 1 N–H and O–H groups in total. The maximum absolute atomic E-state index is 12.3. The fourth-order valence-corrected chi connectivity index (χ4v) is 2.64. The Morgan fingerprint density at radius 2 is 2.35 bits per heavy atom. The lowest BCUT2D eigenvalue weighted by Crippen LogP contribution is -2.40. The molecule has 0 radical (unpaired) electrons. The lowest BCUT2D eigenvalue weighted by molar-refractivity contribution is -0.135. The fourth-order valence-electron chi connectivity index (χ4n) is 1.94. The quantitative estimate of drug-likeness (QED) is 0.944. The second kappa shape index (κ2) is 5.05. The SMILES string of the molecule is C[C@@]1(C(=O)Nc2cccnc2)CC(c2cccs2)=NO1. The average molecular weight is 287 g/mol. The molecule has 1 aliphatic heterocycles. The third-order valence-electron chi connectivity index (χ3n) is 3.07. The number of anilines is 1. The molecule has 2 aromatic rings. The molecule has 0 saturated carbocycles. The van der Waals surface area contributed by atoms with Crippen LogP contribution in [0.3, 0.4) is 0 Å². The summed E-state index contributed by atoms with van der Waals surface area (Å²) in [6.07, 6.45) is 3.71. The third kappa shape index (κ3) is 2.42. The Bertz CT molecular complexity index is 640. The number of rotatable bonds is 3. The van der Waals surface area contributed by atoms with Crippen molar-refractivity contribution in [3.8, 4) is 0 Å². The van der Waals surface area contributed by atoms with Crippen LogP contribution in [-0.4, -0.2) is 22.2 Å². The number of thiophene rings is 1. The van der Waals surface area contributed by atoms with Gasteiger partial charge in [0.15, 0.2) is 0 Å². The summed E-state index contributed by atoms with van der Waals surface area (Å²) in [5.74, 6) is -0.221. The van der Waals surface area contributed by atoms with Gasteiger partial charge >= 0.3 is 0 Å². The molecule has 1 atom stereocenters. The molecule has 0 saturated heterocycles. The Morgan fingerprint density at radius 3 is 3.05 bits per heavy atom. The van der Waals surface area contributed by atoms with Crippen LogP contribution in [0.15, 0.2) is 47.2 Å². The molecule has 0 fully saturated rings. The van der Waals surface area contributed by atoms with Gasteiger partial charge in [-0.1, -0.05) is 11.2 Å². The highest BCUT2D eigenvalue weighted by atomic mass is 32.1. The van der Waals surface area contributed by atoms with Crippen LogP contribution in [0.25, 0.3) is 0 Å². The molecule has 20 heavy (non-hydrogen) atoms. The van der Waals surface area contributed by atoms with Crippen molar-refractivity contribution in [2.24, 2.45) is 5.16 Å². The molecular formula is C14H13N3O2S. The van der Waals surface area contributed by atoms with Gasteiger partial charge in [0.25, 0.3) is 5.91 Å². The van der Waals surface area contributed by atoms with Crippen LogP contribution >= 0.6 is 11.3 Å². The van der Waals surface area contributed by atoms with Crippen molar-refractivity contribution < 1.29 is 9.63 Å². The summed E-state index contributed by atoms with van der Waals surface area (Å²) in [6.45, 7) is 1.74. The molecule has 0 aliphatic carbocycles.